The van der Waals surface area contributed by atoms with Gasteiger partial charge in [0.1, 0.15) is 5.82 Å². The largest absolute Gasteiger partial charge is 0.341 e. The third kappa shape index (κ3) is 3.67. The van der Waals surface area contributed by atoms with E-state index in [0.717, 1.165) is 55.7 Å². The van der Waals surface area contributed by atoms with Crippen LogP contribution in [0.25, 0.3) is 0 Å². The van der Waals surface area contributed by atoms with Crippen LogP contribution in [0.5, 0.6) is 0 Å². The maximum atomic E-state index is 13.3. The predicted molar refractivity (Wildman–Crippen MR) is 87.2 cm³/mol. The number of nitrogens with zero attached hydrogens (tertiary/aromatic N) is 2. The van der Waals surface area contributed by atoms with Crippen molar-refractivity contribution in [2.75, 3.05) is 39.3 Å². The minimum absolute atomic E-state index is 0.0870. The van der Waals surface area contributed by atoms with Gasteiger partial charge in [-0.2, -0.15) is 0 Å². The van der Waals surface area contributed by atoms with Gasteiger partial charge in [0, 0.05) is 49.8 Å². The number of benzene rings is 1. The van der Waals surface area contributed by atoms with Crippen molar-refractivity contribution in [3.63, 3.8) is 0 Å². The number of amides is 1. The Morgan fingerprint density at radius 1 is 1.32 bits per heavy atom. The average molecular weight is 370 g/mol. The summed E-state index contributed by atoms with van der Waals surface area (Å²) in [5, 5.41) is 3.35. The van der Waals surface area contributed by atoms with Crippen molar-refractivity contribution >= 4 is 21.8 Å². The summed E-state index contributed by atoms with van der Waals surface area (Å²) in [5.41, 5.74) is 0.718. The first-order chi connectivity index (χ1) is 10.6. The maximum absolute atomic E-state index is 13.3. The molecule has 1 aromatic rings. The van der Waals surface area contributed by atoms with Crippen LogP contribution in [0.2, 0.25) is 0 Å². The Kier molecular flexibility index (Phi) is 5.10. The first kappa shape index (κ1) is 15.9. The lowest BCUT2D eigenvalue weighted by Crippen LogP contribution is -2.49. The molecule has 3 rings (SSSR count). The molecule has 1 aromatic carbocycles. The van der Waals surface area contributed by atoms with Gasteiger partial charge in [-0.1, -0.05) is 15.9 Å². The van der Waals surface area contributed by atoms with Crippen molar-refractivity contribution < 1.29 is 9.18 Å². The second-order valence-corrected chi connectivity index (χ2v) is 6.84. The summed E-state index contributed by atoms with van der Waals surface area (Å²) in [7, 11) is 0. The van der Waals surface area contributed by atoms with Crippen molar-refractivity contribution in [3.05, 3.63) is 34.1 Å². The Morgan fingerprint density at radius 3 is 2.86 bits per heavy atom. The summed E-state index contributed by atoms with van der Waals surface area (Å²) in [6.45, 7) is 5.78. The second-order valence-electron chi connectivity index (χ2n) is 5.98. The molecule has 0 aliphatic carbocycles. The van der Waals surface area contributed by atoms with Gasteiger partial charge in [0.05, 0.1) is 6.42 Å². The highest BCUT2D eigenvalue weighted by Crippen LogP contribution is 2.21. The molecule has 0 aromatic heterocycles. The number of carbonyl (C=O) groups excluding carboxylic acids is 1. The molecule has 0 radical (unpaired) electrons. The van der Waals surface area contributed by atoms with E-state index in [1.807, 2.05) is 4.90 Å². The van der Waals surface area contributed by atoms with Crippen molar-refractivity contribution in [2.45, 2.75) is 18.9 Å². The quantitative estimate of drug-likeness (QED) is 0.879. The van der Waals surface area contributed by atoms with E-state index in [-0.39, 0.29) is 18.1 Å². The molecule has 4 nitrogen and oxygen atoms in total. The Morgan fingerprint density at radius 2 is 2.09 bits per heavy atom. The maximum Gasteiger partial charge on any atom is 0.227 e. The fourth-order valence-corrected chi connectivity index (χ4v) is 3.65. The molecule has 1 unspecified atom stereocenters. The van der Waals surface area contributed by atoms with Crippen LogP contribution in [0.1, 0.15) is 12.0 Å². The molecule has 120 valence electrons. The molecule has 2 aliphatic rings. The number of hydrogen-bond donors (Lipinski definition) is 1. The molecule has 1 N–H and O–H groups in total. The van der Waals surface area contributed by atoms with Gasteiger partial charge in [-0.15, -0.1) is 0 Å². The molecule has 0 bridgehead atoms. The molecule has 2 saturated heterocycles. The molecule has 0 saturated carbocycles. The third-order valence-corrected chi connectivity index (χ3v) is 5.31. The van der Waals surface area contributed by atoms with Crippen LogP contribution in [-0.2, 0) is 11.2 Å². The highest BCUT2D eigenvalue weighted by Gasteiger charge is 2.30. The number of piperazine rings is 1. The lowest BCUT2D eigenvalue weighted by atomic mass is 10.1. The summed E-state index contributed by atoms with van der Waals surface area (Å²) in [6, 6.07) is 4.97. The molecule has 22 heavy (non-hydrogen) atoms. The fourth-order valence-electron chi connectivity index (χ4n) is 3.27. The first-order valence-corrected chi connectivity index (χ1v) is 8.59. The van der Waals surface area contributed by atoms with Crippen molar-refractivity contribution in [3.8, 4) is 0 Å². The highest BCUT2D eigenvalue weighted by molar-refractivity contribution is 9.10. The van der Waals surface area contributed by atoms with Crippen LogP contribution in [0.3, 0.4) is 0 Å². The molecule has 2 heterocycles. The lowest BCUT2D eigenvalue weighted by Gasteiger charge is -2.32. The van der Waals surface area contributed by atoms with E-state index < -0.39 is 0 Å². The fraction of sp³-hybridized carbons (Fsp3) is 0.562. The van der Waals surface area contributed by atoms with E-state index in [0.29, 0.717) is 6.04 Å². The molecule has 2 fully saturated rings. The van der Waals surface area contributed by atoms with Crippen molar-refractivity contribution in [1.29, 1.82) is 0 Å². The van der Waals surface area contributed by atoms with E-state index in [4.69, 9.17) is 0 Å². The Balaban J connectivity index is 1.58. The summed E-state index contributed by atoms with van der Waals surface area (Å²) in [4.78, 5) is 16.9. The molecule has 6 heteroatoms. The smallest absolute Gasteiger partial charge is 0.227 e. The molecular weight excluding hydrogens is 349 g/mol. The van der Waals surface area contributed by atoms with E-state index >= 15 is 0 Å². The number of likely N-dealkylation sites (tertiary alicyclic amines) is 1. The monoisotopic (exact) mass is 369 g/mol. The first-order valence-electron chi connectivity index (χ1n) is 7.80. The van der Waals surface area contributed by atoms with E-state index in [2.05, 4.69) is 26.1 Å². The van der Waals surface area contributed by atoms with Gasteiger partial charge in [-0.3, -0.25) is 9.69 Å². The Labute approximate surface area is 138 Å². The normalized spacial score (nSPS) is 23.0. The lowest BCUT2D eigenvalue weighted by molar-refractivity contribution is -0.129. The summed E-state index contributed by atoms with van der Waals surface area (Å²) >= 11 is 3.39. The van der Waals surface area contributed by atoms with E-state index in [1.165, 1.54) is 12.1 Å². The zero-order valence-electron chi connectivity index (χ0n) is 12.5. The summed E-state index contributed by atoms with van der Waals surface area (Å²) < 4.78 is 14.1. The Hall–Kier alpha value is -0.980. The van der Waals surface area contributed by atoms with Gasteiger partial charge in [-0.05, 0) is 30.2 Å². The summed E-state index contributed by atoms with van der Waals surface area (Å²) in [5.74, 6) is -0.213. The van der Waals surface area contributed by atoms with Gasteiger partial charge in [-0.25, -0.2) is 4.39 Å². The SMILES string of the molecule is O=C(Cc1cc(F)ccc1Br)N1CCC(N2CCNCC2)C1. The van der Waals surface area contributed by atoms with Crippen molar-refractivity contribution in [2.24, 2.45) is 0 Å². The van der Waals surface area contributed by atoms with Gasteiger partial charge in [0.15, 0.2) is 0 Å². The number of rotatable bonds is 3. The van der Waals surface area contributed by atoms with Gasteiger partial charge in [0.2, 0.25) is 5.91 Å². The van der Waals surface area contributed by atoms with Crippen LogP contribution in [0, 0.1) is 5.82 Å². The summed E-state index contributed by atoms with van der Waals surface area (Å²) in [6.07, 6.45) is 1.29. The molecule has 0 spiro atoms. The molecule has 1 amide bonds. The number of nitrogens with one attached hydrogen (secondary N) is 1. The average Bonchev–Trinajstić information content (AvgIpc) is 3.02. The van der Waals surface area contributed by atoms with Crippen LogP contribution >= 0.6 is 15.9 Å². The van der Waals surface area contributed by atoms with Gasteiger partial charge >= 0.3 is 0 Å². The van der Waals surface area contributed by atoms with Crippen LogP contribution in [0.15, 0.2) is 22.7 Å². The van der Waals surface area contributed by atoms with E-state index in [1.54, 1.807) is 6.07 Å². The topological polar surface area (TPSA) is 35.6 Å². The molecule has 2 aliphatic heterocycles. The molecule has 1 atom stereocenters. The predicted octanol–water partition coefficient (Wildman–Crippen LogP) is 1.64. The van der Waals surface area contributed by atoms with Crippen molar-refractivity contribution in [1.82, 2.24) is 15.1 Å². The number of hydrogen-bond acceptors (Lipinski definition) is 3. The zero-order chi connectivity index (χ0) is 15.5. The van der Waals surface area contributed by atoms with Gasteiger partial charge in [0.25, 0.3) is 0 Å². The number of halogens is 2. The minimum atomic E-state index is -0.300. The van der Waals surface area contributed by atoms with Crippen LogP contribution in [0.4, 0.5) is 4.39 Å². The zero-order valence-corrected chi connectivity index (χ0v) is 14.1. The third-order valence-electron chi connectivity index (χ3n) is 4.53. The minimum Gasteiger partial charge on any atom is -0.341 e. The van der Waals surface area contributed by atoms with Crippen LogP contribution in [-0.4, -0.2) is 61.0 Å². The standard InChI is InChI=1S/C16H21BrFN3O/c17-15-2-1-13(18)9-12(15)10-16(22)21-6-3-14(11-21)20-7-4-19-5-8-20/h1-2,9,14,19H,3-8,10-11H2. The van der Waals surface area contributed by atoms with E-state index in [9.17, 15) is 9.18 Å². The highest BCUT2D eigenvalue weighted by atomic mass is 79.9. The molecular formula is C16H21BrFN3O. The van der Waals surface area contributed by atoms with Gasteiger partial charge < -0.3 is 10.2 Å². The number of carbonyl (C=O) groups is 1. The van der Waals surface area contributed by atoms with Crippen LogP contribution < -0.4 is 5.32 Å². The second kappa shape index (κ2) is 7.06. The Bertz CT molecular complexity index is 548.